The Hall–Kier alpha value is -1.32. The van der Waals surface area contributed by atoms with Gasteiger partial charge in [-0.25, -0.2) is 0 Å². The first-order chi connectivity index (χ1) is 8.74. The summed E-state index contributed by atoms with van der Waals surface area (Å²) >= 11 is 0. The summed E-state index contributed by atoms with van der Waals surface area (Å²) < 4.78 is 7.57. The fourth-order valence-corrected chi connectivity index (χ4v) is 2.13. The highest BCUT2D eigenvalue weighted by Crippen LogP contribution is 2.18. The number of aromatic nitrogens is 1. The van der Waals surface area contributed by atoms with Gasteiger partial charge in [0.1, 0.15) is 6.73 Å². The van der Waals surface area contributed by atoms with Gasteiger partial charge in [-0.15, -0.1) is 0 Å². The van der Waals surface area contributed by atoms with Crippen molar-refractivity contribution in [2.45, 2.75) is 39.5 Å². The van der Waals surface area contributed by atoms with Crippen molar-refractivity contribution in [2.75, 3.05) is 6.61 Å². The molecule has 2 aromatic rings. The predicted octanol–water partition coefficient (Wildman–Crippen LogP) is 2.92. The summed E-state index contributed by atoms with van der Waals surface area (Å²) in [6.45, 7) is 5.49. The van der Waals surface area contributed by atoms with E-state index in [1.54, 1.807) is 0 Å². The number of hydrogen-bond acceptors (Lipinski definition) is 2. The van der Waals surface area contributed by atoms with Crippen LogP contribution in [0.25, 0.3) is 10.9 Å². The van der Waals surface area contributed by atoms with E-state index < -0.39 is 0 Å². The Morgan fingerprint density at radius 3 is 2.83 bits per heavy atom. The number of rotatable bonds is 6. The number of nitrogens with two attached hydrogens (primary N) is 1. The average Bonchev–Trinajstić information content (AvgIpc) is 2.78. The Labute approximate surface area is 109 Å². The van der Waals surface area contributed by atoms with E-state index >= 15 is 0 Å². The summed E-state index contributed by atoms with van der Waals surface area (Å²) in [4.78, 5) is 0. The van der Waals surface area contributed by atoms with Crippen LogP contribution in [-0.2, 0) is 17.9 Å². The summed E-state index contributed by atoms with van der Waals surface area (Å²) in [5, 5.41) is 1.26. The second-order valence-electron chi connectivity index (χ2n) is 4.67. The molecule has 0 aliphatic heterocycles. The van der Waals surface area contributed by atoms with Gasteiger partial charge in [0.25, 0.3) is 0 Å². The average molecular weight is 246 g/mol. The highest BCUT2D eigenvalue weighted by molar-refractivity contribution is 5.80. The second kappa shape index (κ2) is 6.03. The van der Waals surface area contributed by atoms with Gasteiger partial charge in [-0.2, -0.15) is 0 Å². The highest BCUT2D eigenvalue weighted by Gasteiger charge is 2.05. The van der Waals surface area contributed by atoms with Gasteiger partial charge in [-0.05, 0) is 48.9 Å². The van der Waals surface area contributed by atoms with Crippen molar-refractivity contribution in [1.29, 1.82) is 0 Å². The van der Waals surface area contributed by atoms with Crippen LogP contribution in [0.15, 0.2) is 30.5 Å². The number of fused-ring (bicyclic) bond motifs is 1. The molecule has 2 N–H and O–H groups in total. The summed E-state index contributed by atoms with van der Waals surface area (Å²) in [5.74, 6) is 0. The van der Waals surface area contributed by atoms with Crippen molar-refractivity contribution >= 4 is 10.9 Å². The molecule has 1 atom stereocenters. The maximum atomic E-state index is 5.99. The van der Waals surface area contributed by atoms with Crippen molar-refractivity contribution in [3.8, 4) is 0 Å². The van der Waals surface area contributed by atoms with E-state index in [2.05, 4.69) is 42.0 Å². The molecule has 0 aliphatic carbocycles. The van der Waals surface area contributed by atoms with Crippen molar-refractivity contribution < 1.29 is 4.74 Å². The fourth-order valence-electron chi connectivity index (χ4n) is 2.13. The lowest BCUT2D eigenvalue weighted by atomic mass is 10.0. The lowest BCUT2D eigenvalue weighted by Gasteiger charge is -2.09. The Morgan fingerprint density at radius 2 is 2.11 bits per heavy atom. The monoisotopic (exact) mass is 246 g/mol. The van der Waals surface area contributed by atoms with Gasteiger partial charge >= 0.3 is 0 Å². The molecule has 0 saturated heterocycles. The van der Waals surface area contributed by atoms with Crippen LogP contribution in [0.1, 0.15) is 25.8 Å². The minimum atomic E-state index is 0.257. The Balaban J connectivity index is 2.19. The van der Waals surface area contributed by atoms with E-state index in [0.717, 1.165) is 19.4 Å². The molecule has 0 spiro atoms. The molecular formula is C15H22N2O. The zero-order valence-corrected chi connectivity index (χ0v) is 11.2. The lowest BCUT2D eigenvalue weighted by Crippen LogP contribution is -2.21. The third-order valence-electron chi connectivity index (χ3n) is 3.29. The van der Waals surface area contributed by atoms with Crippen molar-refractivity contribution in [1.82, 2.24) is 4.57 Å². The van der Waals surface area contributed by atoms with Crippen LogP contribution in [0.3, 0.4) is 0 Å². The van der Waals surface area contributed by atoms with Crippen LogP contribution in [0.5, 0.6) is 0 Å². The van der Waals surface area contributed by atoms with E-state index in [1.165, 1.54) is 16.5 Å². The second-order valence-corrected chi connectivity index (χ2v) is 4.67. The molecular weight excluding hydrogens is 224 g/mol. The molecule has 1 unspecified atom stereocenters. The first-order valence-electron chi connectivity index (χ1n) is 6.65. The quantitative estimate of drug-likeness (QED) is 0.851. The van der Waals surface area contributed by atoms with E-state index in [1.807, 2.05) is 6.92 Å². The zero-order valence-electron chi connectivity index (χ0n) is 11.2. The molecule has 0 amide bonds. The van der Waals surface area contributed by atoms with Crippen molar-refractivity contribution in [2.24, 2.45) is 5.73 Å². The minimum absolute atomic E-state index is 0.257. The van der Waals surface area contributed by atoms with Gasteiger partial charge in [0, 0.05) is 24.4 Å². The van der Waals surface area contributed by atoms with E-state index in [-0.39, 0.29) is 6.04 Å². The minimum Gasteiger partial charge on any atom is -0.361 e. The third kappa shape index (κ3) is 2.92. The summed E-state index contributed by atoms with van der Waals surface area (Å²) in [5.41, 5.74) is 8.53. The molecule has 98 valence electrons. The largest absolute Gasteiger partial charge is 0.361 e. The number of ether oxygens (including phenoxy) is 1. The molecule has 0 aliphatic rings. The number of nitrogens with zero attached hydrogens (tertiary/aromatic N) is 1. The van der Waals surface area contributed by atoms with E-state index in [0.29, 0.717) is 6.73 Å². The molecule has 3 nitrogen and oxygen atoms in total. The topological polar surface area (TPSA) is 40.2 Å². The Bertz CT molecular complexity index is 504. The van der Waals surface area contributed by atoms with Crippen LogP contribution in [0.2, 0.25) is 0 Å². The van der Waals surface area contributed by atoms with Crippen LogP contribution < -0.4 is 5.73 Å². The Morgan fingerprint density at radius 1 is 1.28 bits per heavy atom. The third-order valence-corrected chi connectivity index (χ3v) is 3.29. The predicted molar refractivity (Wildman–Crippen MR) is 75.5 cm³/mol. The van der Waals surface area contributed by atoms with Gasteiger partial charge in [0.15, 0.2) is 0 Å². The molecule has 0 saturated carbocycles. The Kier molecular flexibility index (Phi) is 4.39. The summed E-state index contributed by atoms with van der Waals surface area (Å²) in [7, 11) is 0. The fraction of sp³-hybridized carbons (Fsp3) is 0.467. The molecule has 0 bridgehead atoms. The van der Waals surface area contributed by atoms with Crippen LogP contribution >= 0.6 is 0 Å². The van der Waals surface area contributed by atoms with Crippen molar-refractivity contribution in [3.63, 3.8) is 0 Å². The van der Waals surface area contributed by atoms with Crippen LogP contribution in [0.4, 0.5) is 0 Å². The highest BCUT2D eigenvalue weighted by atomic mass is 16.5. The maximum absolute atomic E-state index is 5.99. The smallest absolute Gasteiger partial charge is 0.122 e. The summed E-state index contributed by atoms with van der Waals surface area (Å²) in [6, 6.07) is 8.95. The van der Waals surface area contributed by atoms with Crippen molar-refractivity contribution in [3.05, 3.63) is 36.0 Å². The number of hydrogen-bond donors (Lipinski definition) is 1. The molecule has 1 aromatic heterocycles. The van der Waals surface area contributed by atoms with E-state index in [4.69, 9.17) is 10.5 Å². The van der Waals surface area contributed by atoms with Crippen LogP contribution in [-0.4, -0.2) is 17.2 Å². The molecule has 1 aromatic carbocycles. The van der Waals surface area contributed by atoms with Gasteiger partial charge in [0.05, 0.1) is 0 Å². The van der Waals surface area contributed by atoms with Gasteiger partial charge in [0.2, 0.25) is 0 Å². The zero-order chi connectivity index (χ0) is 13.0. The molecule has 18 heavy (non-hydrogen) atoms. The van der Waals surface area contributed by atoms with Gasteiger partial charge in [-0.3, -0.25) is 0 Å². The first kappa shape index (κ1) is 13.1. The molecule has 2 rings (SSSR count). The first-order valence-corrected chi connectivity index (χ1v) is 6.65. The molecule has 1 heterocycles. The molecule has 3 heteroatoms. The van der Waals surface area contributed by atoms with Gasteiger partial charge < -0.3 is 15.0 Å². The number of benzene rings is 1. The van der Waals surface area contributed by atoms with Gasteiger partial charge in [-0.1, -0.05) is 13.0 Å². The molecule has 0 fully saturated rings. The summed E-state index contributed by atoms with van der Waals surface area (Å²) in [6.07, 6.45) is 4.04. The van der Waals surface area contributed by atoms with Crippen LogP contribution in [0, 0.1) is 0 Å². The standard InChI is InChI=1S/C15H22N2O/c1-3-14(16)10-12-5-6-15-13(9-12)7-8-17(15)11-18-4-2/h5-9,14H,3-4,10-11,16H2,1-2H3. The maximum Gasteiger partial charge on any atom is 0.122 e. The molecule has 0 radical (unpaired) electrons. The lowest BCUT2D eigenvalue weighted by molar-refractivity contribution is 0.0909. The normalized spacial score (nSPS) is 13.1. The van der Waals surface area contributed by atoms with E-state index in [9.17, 15) is 0 Å². The SMILES string of the molecule is CCOCn1ccc2cc(CC(N)CC)ccc21.